The molecule has 1 fully saturated rings. The lowest BCUT2D eigenvalue weighted by molar-refractivity contribution is 0.0436. The van der Waals surface area contributed by atoms with Crippen LogP contribution in [0.15, 0.2) is 46.0 Å². The summed E-state index contributed by atoms with van der Waals surface area (Å²) in [7, 11) is 3.33. The molecule has 1 atom stereocenters. The number of aliphatic hydroxyl groups is 1. The van der Waals surface area contributed by atoms with Crippen molar-refractivity contribution in [3.63, 3.8) is 0 Å². The quantitative estimate of drug-likeness (QED) is 0.438. The molecule has 8 heteroatoms. The lowest BCUT2D eigenvalue weighted by Gasteiger charge is -2.35. The molecule has 1 aliphatic rings. The van der Waals surface area contributed by atoms with Gasteiger partial charge in [-0.2, -0.15) is 0 Å². The molecule has 0 spiro atoms. The molecule has 0 amide bonds. The number of nitrogens with one attached hydrogen (secondary N) is 2. The van der Waals surface area contributed by atoms with E-state index in [1.807, 2.05) is 25.1 Å². The number of ether oxygens (including phenoxy) is 2. The van der Waals surface area contributed by atoms with E-state index in [4.69, 9.17) is 13.9 Å². The zero-order valence-corrected chi connectivity index (χ0v) is 18.9. The van der Waals surface area contributed by atoms with Crippen molar-refractivity contribution in [1.29, 1.82) is 0 Å². The molecule has 3 N–H and O–H groups in total. The second kappa shape index (κ2) is 10.4. The van der Waals surface area contributed by atoms with Crippen LogP contribution in [0.4, 0.5) is 5.69 Å². The van der Waals surface area contributed by atoms with Crippen LogP contribution < -0.4 is 25.0 Å². The standard InChI is InChI=1S/C23H34N4O4/c1-5-24-22(25-16-23(2,28)21-7-6-12-31-21)26-17-8-10-27(11-9-17)18-13-19(29-3)15-20(14-18)30-4/h6-7,12-15,17,28H,5,8-11,16H2,1-4H3,(H2,24,25,26). The molecule has 1 saturated heterocycles. The highest BCUT2D eigenvalue weighted by Gasteiger charge is 2.27. The highest BCUT2D eigenvalue weighted by atomic mass is 16.5. The van der Waals surface area contributed by atoms with E-state index >= 15 is 0 Å². The average Bonchev–Trinajstić information content (AvgIpc) is 3.34. The second-order valence-corrected chi connectivity index (χ2v) is 7.92. The lowest BCUT2D eigenvalue weighted by atomic mass is 10.0. The molecule has 0 radical (unpaired) electrons. The predicted molar refractivity (Wildman–Crippen MR) is 122 cm³/mol. The van der Waals surface area contributed by atoms with Gasteiger partial charge in [0.1, 0.15) is 22.9 Å². The van der Waals surface area contributed by atoms with Gasteiger partial charge in [0.25, 0.3) is 0 Å². The van der Waals surface area contributed by atoms with Crippen molar-refractivity contribution in [2.75, 3.05) is 45.3 Å². The fraction of sp³-hybridized carbons (Fsp3) is 0.522. The summed E-state index contributed by atoms with van der Waals surface area (Å²) in [6, 6.07) is 9.79. The van der Waals surface area contributed by atoms with E-state index in [1.54, 1.807) is 39.5 Å². The van der Waals surface area contributed by atoms with E-state index in [1.165, 1.54) is 0 Å². The van der Waals surface area contributed by atoms with Gasteiger partial charge in [0, 0.05) is 49.6 Å². The van der Waals surface area contributed by atoms with Crippen molar-refractivity contribution >= 4 is 11.6 Å². The molecule has 1 aromatic heterocycles. The number of guanidine groups is 1. The summed E-state index contributed by atoms with van der Waals surface area (Å²) in [6.45, 7) is 6.52. The molecular weight excluding hydrogens is 396 g/mol. The van der Waals surface area contributed by atoms with Crippen LogP contribution in [-0.4, -0.2) is 57.5 Å². The number of rotatable bonds is 8. The van der Waals surface area contributed by atoms with Gasteiger partial charge in [0.15, 0.2) is 5.96 Å². The van der Waals surface area contributed by atoms with Gasteiger partial charge < -0.3 is 34.5 Å². The van der Waals surface area contributed by atoms with E-state index in [2.05, 4.69) is 20.5 Å². The fourth-order valence-electron chi connectivity index (χ4n) is 3.67. The van der Waals surface area contributed by atoms with Crippen LogP contribution in [0.2, 0.25) is 0 Å². The van der Waals surface area contributed by atoms with E-state index in [0.717, 1.165) is 49.7 Å². The molecule has 2 heterocycles. The predicted octanol–water partition coefficient (Wildman–Crippen LogP) is 2.73. The lowest BCUT2D eigenvalue weighted by Crippen LogP contribution is -2.49. The van der Waals surface area contributed by atoms with Crippen molar-refractivity contribution in [3.8, 4) is 11.5 Å². The van der Waals surface area contributed by atoms with Gasteiger partial charge in [0.2, 0.25) is 0 Å². The summed E-state index contributed by atoms with van der Waals surface area (Å²) < 4.78 is 16.1. The Morgan fingerprint density at radius 1 is 1.23 bits per heavy atom. The Morgan fingerprint density at radius 3 is 2.45 bits per heavy atom. The normalized spacial score (nSPS) is 17.2. The zero-order chi connectivity index (χ0) is 22.3. The molecule has 1 aromatic carbocycles. The Labute approximate surface area is 184 Å². The van der Waals surface area contributed by atoms with E-state index in [-0.39, 0.29) is 6.54 Å². The van der Waals surface area contributed by atoms with Crippen molar-refractivity contribution in [1.82, 2.24) is 10.6 Å². The van der Waals surface area contributed by atoms with Crippen LogP contribution in [0.25, 0.3) is 0 Å². The number of furan rings is 1. The van der Waals surface area contributed by atoms with Crippen LogP contribution in [0.1, 0.15) is 32.4 Å². The third kappa shape index (κ3) is 6.07. The average molecular weight is 431 g/mol. The molecule has 8 nitrogen and oxygen atoms in total. The number of anilines is 1. The van der Waals surface area contributed by atoms with Crippen molar-refractivity contribution in [2.45, 2.75) is 38.3 Å². The molecule has 0 saturated carbocycles. The Bertz CT molecular complexity index is 821. The molecular formula is C23H34N4O4. The van der Waals surface area contributed by atoms with E-state index in [9.17, 15) is 5.11 Å². The summed E-state index contributed by atoms with van der Waals surface area (Å²) in [5.41, 5.74) is -0.0506. The molecule has 0 bridgehead atoms. The number of nitrogens with zero attached hydrogens (tertiary/aromatic N) is 2. The molecule has 170 valence electrons. The van der Waals surface area contributed by atoms with Gasteiger partial charge in [-0.3, -0.25) is 0 Å². The SMILES string of the molecule is CCNC(=NCC(C)(O)c1ccco1)NC1CCN(c2cc(OC)cc(OC)c2)CC1. The van der Waals surface area contributed by atoms with Crippen LogP contribution in [0.5, 0.6) is 11.5 Å². The maximum Gasteiger partial charge on any atom is 0.191 e. The first-order valence-corrected chi connectivity index (χ1v) is 10.7. The summed E-state index contributed by atoms with van der Waals surface area (Å²) in [5, 5.41) is 17.4. The Hall–Kier alpha value is -2.87. The van der Waals surface area contributed by atoms with Crippen LogP contribution in [0, 0.1) is 0 Å². The first-order chi connectivity index (χ1) is 14.9. The summed E-state index contributed by atoms with van der Waals surface area (Å²) in [5.74, 6) is 2.80. The van der Waals surface area contributed by atoms with Gasteiger partial charge in [-0.15, -0.1) is 0 Å². The number of hydrogen-bond acceptors (Lipinski definition) is 6. The molecule has 1 aliphatic heterocycles. The van der Waals surface area contributed by atoms with Gasteiger partial charge in [-0.25, -0.2) is 4.99 Å². The largest absolute Gasteiger partial charge is 0.497 e. The monoisotopic (exact) mass is 430 g/mol. The third-order valence-corrected chi connectivity index (χ3v) is 5.48. The first kappa shape index (κ1) is 22.8. The highest BCUT2D eigenvalue weighted by molar-refractivity contribution is 5.80. The Kier molecular flexibility index (Phi) is 7.68. The number of benzene rings is 1. The maximum absolute atomic E-state index is 10.7. The van der Waals surface area contributed by atoms with Gasteiger partial charge in [-0.1, -0.05) is 0 Å². The zero-order valence-electron chi connectivity index (χ0n) is 18.9. The highest BCUT2D eigenvalue weighted by Crippen LogP contribution is 2.30. The molecule has 0 aliphatic carbocycles. The summed E-state index contributed by atoms with van der Waals surface area (Å²) in [4.78, 5) is 6.94. The minimum absolute atomic E-state index is 0.207. The molecule has 31 heavy (non-hydrogen) atoms. The van der Waals surface area contributed by atoms with Gasteiger partial charge in [-0.05, 0) is 38.8 Å². The van der Waals surface area contributed by atoms with Gasteiger partial charge in [0.05, 0.1) is 27.0 Å². The third-order valence-electron chi connectivity index (χ3n) is 5.48. The smallest absolute Gasteiger partial charge is 0.191 e. The minimum atomic E-state index is -1.15. The molecule has 1 unspecified atom stereocenters. The number of piperidine rings is 1. The molecule has 3 rings (SSSR count). The first-order valence-electron chi connectivity index (χ1n) is 10.7. The second-order valence-electron chi connectivity index (χ2n) is 7.92. The minimum Gasteiger partial charge on any atom is -0.497 e. The fourth-order valence-corrected chi connectivity index (χ4v) is 3.67. The summed E-state index contributed by atoms with van der Waals surface area (Å²) in [6.07, 6.45) is 3.50. The number of hydrogen-bond donors (Lipinski definition) is 3. The van der Waals surface area contributed by atoms with Crippen molar-refractivity contribution in [2.24, 2.45) is 4.99 Å². The van der Waals surface area contributed by atoms with Crippen molar-refractivity contribution in [3.05, 3.63) is 42.4 Å². The Morgan fingerprint density at radius 2 is 1.90 bits per heavy atom. The van der Waals surface area contributed by atoms with Crippen molar-refractivity contribution < 1.29 is 19.0 Å². The Balaban J connectivity index is 1.59. The van der Waals surface area contributed by atoms with Gasteiger partial charge >= 0.3 is 0 Å². The molecule has 2 aromatic rings. The van der Waals surface area contributed by atoms with Crippen LogP contribution >= 0.6 is 0 Å². The maximum atomic E-state index is 10.7. The van der Waals surface area contributed by atoms with E-state index in [0.29, 0.717) is 17.8 Å². The topological polar surface area (TPSA) is 91.5 Å². The number of methoxy groups -OCH3 is 2. The van der Waals surface area contributed by atoms with E-state index < -0.39 is 5.60 Å². The summed E-state index contributed by atoms with van der Waals surface area (Å²) >= 11 is 0. The van der Waals surface area contributed by atoms with Crippen LogP contribution in [0.3, 0.4) is 0 Å². The number of aliphatic imine (C=N–C) groups is 1. The van der Waals surface area contributed by atoms with Crippen LogP contribution in [-0.2, 0) is 5.60 Å².